The Balaban J connectivity index is 2.04. The van der Waals surface area contributed by atoms with Gasteiger partial charge in [-0.2, -0.15) is 30.7 Å². The quantitative estimate of drug-likeness (QED) is 0.117. The second kappa shape index (κ2) is 14.9. The maximum absolute atomic E-state index is 15.2. The van der Waals surface area contributed by atoms with E-state index in [1.54, 1.807) is 0 Å². The molecule has 0 aliphatic carbocycles. The van der Waals surface area contributed by atoms with Gasteiger partial charge in [-0.05, 0) is 85.1 Å². The summed E-state index contributed by atoms with van der Waals surface area (Å²) in [6.07, 6.45) is -15.9. The molecule has 0 spiro atoms. The maximum Gasteiger partial charge on any atom is 0.461 e. The molecule has 1 amide bonds. The van der Waals surface area contributed by atoms with E-state index in [1.807, 2.05) is 0 Å². The number of alkyl halides is 7. The first-order chi connectivity index (χ1) is 23.7. The zero-order valence-electron chi connectivity index (χ0n) is 26.7. The molecule has 0 aliphatic heterocycles. The number of hydrogen-bond acceptors (Lipinski definition) is 5. The van der Waals surface area contributed by atoms with Gasteiger partial charge in [0.05, 0.1) is 29.9 Å². The SMILES string of the molecule is COC(=O)c1ccc(CC(NC(=O)c2ccc(F)c(C(F)(F)F)c2)(c2cc(F)cc(OC(F)(F)C(F)F)c2)c2ccc(F)c(OC(C)C)c2)cc1. The van der Waals surface area contributed by atoms with Crippen LogP contribution in [0.2, 0.25) is 0 Å². The van der Waals surface area contributed by atoms with Crippen LogP contribution in [0.1, 0.15) is 56.8 Å². The van der Waals surface area contributed by atoms with Crippen LogP contribution in [0.5, 0.6) is 11.5 Å². The Labute approximate surface area is 283 Å². The number of hydrogen-bond donors (Lipinski definition) is 1. The predicted molar refractivity (Wildman–Crippen MR) is 161 cm³/mol. The van der Waals surface area contributed by atoms with Crippen LogP contribution in [-0.4, -0.2) is 37.6 Å². The number of halogens is 10. The highest BCUT2D eigenvalue weighted by atomic mass is 19.4. The third-order valence-corrected chi connectivity index (χ3v) is 7.36. The standard InChI is InChI=1S/C35H27F10NO5/c1-18(2)50-29-15-22(9-11-28(29)38)33(17-19-4-6-20(7-5-19)31(48)49-3,23-13-24(36)16-25(14-23)51-35(44,45)32(39)40)46-30(47)21-8-10-27(37)26(12-21)34(41,42)43/h4-16,18,32H,17H2,1-3H3,(H,46,47). The Kier molecular flexibility index (Phi) is 11.3. The number of ether oxygens (including phenoxy) is 3. The van der Waals surface area contributed by atoms with Crippen molar-refractivity contribution in [1.82, 2.24) is 5.32 Å². The van der Waals surface area contributed by atoms with Crippen molar-refractivity contribution in [2.45, 2.75) is 50.6 Å². The van der Waals surface area contributed by atoms with Gasteiger partial charge in [0, 0.05) is 18.1 Å². The number of rotatable bonds is 12. The Morgan fingerprint density at radius 2 is 1.39 bits per heavy atom. The molecule has 4 aromatic carbocycles. The van der Waals surface area contributed by atoms with E-state index in [9.17, 15) is 49.1 Å². The number of benzene rings is 4. The molecule has 0 fully saturated rings. The lowest BCUT2D eigenvalue weighted by Crippen LogP contribution is -2.49. The van der Waals surface area contributed by atoms with Crippen LogP contribution in [0.15, 0.2) is 78.9 Å². The maximum atomic E-state index is 15.2. The average molecular weight is 732 g/mol. The fourth-order valence-corrected chi connectivity index (χ4v) is 5.07. The van der Waals surface area contributed by atoms with Crippen molar-refractivity contribution in [3.05, 3.63) is 130 Å². The highest BCUT2D eigenvalue weighted by molar-refractivity contribution is 5.95. The highest BCUT2D eigenvalue weighted by Gasteiger charge is 2.45. The number of esters is 1. The summed E-state index contributed by atoms with van der Waals surface area (Å²) in [7, 11) is 1.11. The van der Waals surface area contributed by atoms with E-state index in [1.165, 1.54) is 38.1 Å². The Morgan fingerprint density at radius 1 is 0.765 bits per heavy atom. The van der Waals surface area contributed by atoms with E-state index in [-0.39, 0.29) is 22.8 Å². The summed E-state index contributed by atoms with van der Waals surface area (Å²) in [5.74, 6) is -7.68. The van der Waals surface area contributed by atoms with Crippen molar-refractivity contribution < 1.29 is 67.7 Å². The molecule has 51 heavy (non-hydrogen) atoms. The molecule has 4 aromatic rings. The van der Waals surface area contributed by atoms with Crippen LogP contribution < -0.4 is 14.8 Å². The van der Waals surface area contributed by atoms with Gasteiger partial charge in [0.15, 0.2) is 11.6 Å². The van der Waals surface area contributed by atoms with Crippen molar-refractivity contribution in [3.63, 3.8) is 0 Å². The second-order valence-corrected chi connectivity index (χ2v) is 11.4. The van der Waals surface area contributed by atoms with Gasteiger partial charge in [0.25, 0.3) is 5.91 Å². The van der Waals surface area contributed by atoms with E-state index in [0.717, 1.165) is 25.3 Å². The molecule has 0 bridgehead atoms. The highest BCUT2D eigenvalue weighted by Crippen LogP contribution is 2.40. The number of nitrogens with one attached hydrogen (secondary N) is 1. The van der Waals surface area contributed by atoms with Gasteiger partial charge in [-0.1, -0.05) is 18.2 Å². The summed E-state index contributed by atoms with van der Waals surface area (Å²) in [6, 6.07) is 11.2. The van der Waals surface area contributed by atoms with Gasteiger partial charge in [-0.3, -0.25) is 4.79 Å². The van der Waals surface area contributed by atoms with Crippen LogP contribution in [0.4, 0.5) is 43.9 Å². The predicted octanol–water partition coefficient (Wildman–Crippen LogP) is 8.85. The first-order valence-corrected chi connectivity index (χ1v) is 14.7. The summed E-state index contributed by atoms with van der Waals surface area (Å²) in [4.78, 5) is 25.9. The van der Waals surface area contributed by atoms with Gasteiger partial charge in [-0.25, -0.2) is 18.0 Å². The first-order valence-electron chi connectivity index (χ1n) is 14.7. The van der Waals surface area contributed by atoms with Crippen LogP contribution in [-0.2, 0) is 22.9 Å². The summed E-state index contributed by atoms with van der Waals surface area (Å²) < 4.78 is 154. The molecule has 0 saturated carbocycles. The largest absolute Gasteiger partial charge is 0.488 e. The third-order valence-electron chi connectivity index (χ3n) is 7.36. The molecular formula is C35H27F10NO5. The molecule has 0 radical (unpaired) electrons. The lowest BCUT2D eigenvalue weighted by Gasteiger charge is -2.37. The van der Waals surface area contributed by atoms with Crippen LogP contribution >= 0.6 is 0 Å². The molecular weight excluding hydrogens is 704 g/mol. The topological polar surface area (TPSA) is 73.9 Å². The number of carbonyl (C=O) groups is 2. The number of methoxy groups -OCH3 is 1. The molecule has 6 nitrogen and oxygen atoms in total. The molecule has 1 unspecified atom stereocenters. The van der Waals surface area contributed by atoms with E-state index < -0.39 is 94.3 Å². The molecule has 1 N–H and O–H groups in total. The molecule has 1 atom stereocenters. The van der Waals surface area contributed by atoms with Crippen LogP contribution in [0, 0.1) is 17.5 Å². The molecule has 0 saturated heterocycles. The third kappa shape index (κ3) is 8.91. The van der Waals surface area contributed by atoms with Gasteiger partial charge >= 0.3 is 24.7 Å². The Bertz CT molecular complexity index is 1900. The van der Waals surface area contributed by atoms with Crippen molar-refractivity contribution in [1.29, 1.82) is 0 Å². The smallest absolute Gasteiger partial charge is 0.461 e. The molecule has 272 valence electrons. The zero-order valence-corrected chi connectivity index (χ0v) is 26.7. The average Bonchev–Trinajstić information content (AvgIpc) is 3.04. The van der Waals surface area contributed by atoms with E-state index >= 15 is 4.39 Å². The van der Waals surface area contributed by atoms with Crippen molar-refractivity contribution in [2.75, 3.05) is 7.11 Å². The fourth-order valence-electron chi connectivity index (χ4n) is 5.07. The van der Waals surface area contributed by atoms with Gasteiger partial charge in [0.1, 0.15) is 17.4 Å². The minimum absolute atomic E-state index is 0.0481. The lowest BCUT2D eigenvalue weighted by molar-refractivity contribution is -0.253. The monoisotopic (exact) mass is 731 g/mol. The number of amides is 1. The summed E-state index contributed by atoms with van der Waals surface area (Å²) in [6.45, 7) is 3.08. The summed E-state index contributed by atoms with van der Waals surface area (Å²) in [5.41, 5.74) is -5.34. The van der Waals surface area contributed by atoms with Gasteiger partial charge in [-0.15, -0.1) is 0 Å². The van der Waals surface area contributed by atoms with Crippen LogP contribution in [0.3, 0.4) is 0 Å². The van der Waals surface area contributed by atoms with Gasteiger partial charge in [0.2, 0.25) is 0 Å². The van der Waals surface area contributed by atoms with E-state index in [0.29, 0.717) is 30.3 Å². The summed E-state index contributed by atoms with van der Waals surface area (Å²) >= 11 is 0. The second-order valence-electron chi connectivity index (χ2n) is 11.4. The van der Waals surface area contributed by atoms with E-state index in [2.05, 4.69) is 14.8 Å². The van der Waals surface area contributed by atoms with E-state index in [4.69, 9.17) is 4.74 Å². The molecule has 4 rings (SSSR count). The summed E-state index contributed by atoms with van der Waals surface area (Å²) in [5, 5.41) is 2.46. The minimum Gasteiger partial charge on any atom is -0.488 e. The minimum atomic E-state index is -5.25. The van der Waals surface area contributed by atoms with Crippen molar-refractivity contribution in [2.24, 2.45) is 0 Å². The first kappa shape index (κ1) is 38.5. The molecule has 0 heterocycles. The van der Waals surface area contributed by atoms with Crippen molar-refractivity contribution >= 4 is 11.9 Å². The molecule has 16 heteroatoms. The molecule has 0 aromatic heterocycles. The van der Waals surface area contributed by atoms with Gasteiger partial charge < -0.3 is 19.5 Å². The van der Waals surface area contributed by atoms with Crippen molar-refractivity contribution in [3.8, 4) is 11.5 Å². The number of carbonyl (C=O) groups excluding carboxylic acids is 2. The molecule has 0 aliphatic rings. The fraction of sp³-hybridized carbons (Fsp3) is 0.257. The zero-order chi connectivity index (χ0) is 37.9. The lowest BCUT2D eigenvalue weighted by atomic mass is 9.77. The van der Waals surface area contributed by atoms with Crippen LogP contribution in [0.25, 0.3) is 0 Å². The Hall–Kier alpha value is -5.28. The normalized spacial score (nSPS) is 13.2. The Morgan fingerprint density at radius 3 is 1.98 bits per heavy atom.